The highest BCUT2D eigenvalue weighted by Gasteiger charge is 2.14. The number of nitrogens with zero attached hydrogens (tertiary/aromatic N) is 1. The minimum Gasteiger partial charge on any atom is -0.369 e. The van der Waals surface area contributed by atoms with Gasteiger partial charge >= 0.3 is 0 Å². The normalized spacial score (nSPS) is 11.0. The second-order valence-corrected chi connectivity index (χ2v) is 6.16. The Kier molecular flexibility index (Phi) is 6.80. The van der Waals surface area contributed by atoms with Crippen molar-refractivity contribution >= 4 is 27.7 Å². The standard InChI is InChI=1S/C14H21BrN4O2/c1-9(2)6-19(8-13(16)20)7-11-4-3-10(5-12(11)15)14(21)18-17/h3-5,9H,6-8,17H2,1-2H3,(H2,16,20)(H,18,21). The molecule has 0 aromatic heterocycles. The predicted molar refractivity (Wildman–Crippen MR) is 85.1 cm³/mol. The summed E-state index contributed by atoms with van der Waals surface area (Å²) in [5.41, 5.74) is 8.82. The number of nitrogens with two attached hydrogens (primary N) is 2. The SMILES string of the molecule is CC(C)CN(CC(N)=O)Cc1ccc(C(=O)NN)cc1Br. The summed E-state index contributed by atoms with van der Waals surface area (Å²) in [4.78, 5) is 24.6. The number of halogens is 1. The molecule has 0 spiro atoms. The second-order valence-electron chi connectivity index (χ2n) is 5.31. The number of amides is 2. The van der Waals surface area contributed by atoms with Crippen LogP contribution < -0.4 is 17.0 Å². The van der Waals surface area contributed by atoms with E-state index in [-0.39, 0.29) is 18.4 Å². The molecule has 1 aromatic rings. The highest BCUT2D eigenvalue weighted by Crippen LogP contribution is 2.21. The van der Waals surface area contributed by atoms with Crippen LogP contribution in [-0.2, 0) is 11.3 Å². The highest BCUT2D eigenvalue weighted by atomic mass is 79.9. The van der Waals surface area contributed by atoms with Crippen LogP contribution in [0.5, 0.6) is 0 Å². The molecule has 0 heterocycles. The number of hydrogen-bond acceptors (Lipinski definition) is 4. The Bertz CT molecular complexity index is 520. The van der Waals surface area contributed by atoms with Gasteiger partial charge in [-0.2, -0.15) is 0 Å². The number of hydrazine groups is 1. The van der Waals surface area contributed by atoms with Crippen LogP contribution in [0.25, 0.3) is 0 Å². The Morgan fingerprint density at radius 3 is 2.52 bits per heavy atom. The average Bonchev–Trinajstić information content (AvgIpc) is 2.38. The smallest absolute Gasteiger partial charge is 0.265 e. The van der Waals surface area contributed by atoms with Gasteiger partial charge in [0, 0.05) is 23.1 Å². The maximum atomic E-state index is 11.5. The van der Waals surface area contributed by atoms with E-state index in [9.17, 15) is 9.59 Å². The van der Waals surface area contributed by atoms with Crippen LogP contribution in [0.4, 0.5) is 0 Å². The Morgan fingerprint density at radius 2 is 2.05 bits per heavy atom. The lowest BCUT2D eigenvalue weighted by Gasteiger charge is -2.23. The summed E-state index contributed by atoms with van der Waals surface area (Å²) in [7, 11) is 0. The number of carbonyl (C=O) groups is 2. The molecule has 0 bridgehead atoms. The van der Waals surface area contributed by atoms with E-state index in [2.05, 4.69) is 35.2 Å². The fourth-order valence-electron chi connectivity index (χ4n) is 2.06. The topological polar surface area (TPSA) is 101 Å². The van der Waals surface area contributed by atoms with Crippen LogP contribution in [0.3, 0.4) is 0 Å². The molecule has 0 radical (unpaired) electrons. The van der Waals surface area contributed by atoms with Crippen molar-refractivity contribution < 1.29 is 9.59 Å². The van der Waals surface area contributed by atoms with Gasteiger partial charge in [0.1, 0.15) is 0 Å². The molecule has 2 amide bonds. The summed E-state index contributed by atoms with van der Waals surface area (Å²) >= 11 is 3.44. The Morgan fingerprint density at radius 1 is 1.38 bits per heavy atom. The molecule has 1 rings (SSSR count). The molecule has 0 saturated carbocycles. The molecule has 5 N–H and O–H groups in total. The van der Waals surface area contributed by atoms with Crippen molar-refractivity contribution in [1.29, 1.82) is 0 Å². The molecular formula is C14H21BrN4O2. The number of rotatable bonds is 7. The Hall–Kier alpha value is -1.44. The zero-order chi connectivity index (χ0) is 16.0. The third-order valence-electron chi connectivity index (χ3n) is 2.84. The van der Waals surface area contributed by atoms with Crippen molar-refractivity contribution in [3.63, 3.8) is 0 Å². The first kappa shape index (κ1) is 17.6. The van der Waals surface area contributed by atoms with E-state index in [1.165, 1.54) is 0 Å². The summed E-state index contributed by atoms with van der Waals surface area (Å²) in [5.74, 6) is 4.83. The minimum atomic E-state index is -0.356. The molecule has 0 unspecified atom stereocenters. The van der Waals surface area contributed by atoms with Crippen LogP contribution in [0.2, 0.25) is 0 Å². The van der Waals surface area contributed by atoms with Crippen molar-refractivity contribution in [2.45, 2.75) is 20.4 Å². The van der Waals surface area contributed by atoms with Gasteiger partial charge in [-0.25, -0.2) is 5.84 Å². The van der Waals surface area contributed by atoms with Gasteiger partial charge in [0.15, 0.2) is 0 Å². The van der Waals surface area contributed by atoms with E-state index in [0.29, 0.717) is 18.0 Å². The van der Waals surface area contributed by atoms with Crippen molar-refractivity contribution in [3.05, 3.63) is 33.8 Å². The number of primary amides is 1. The molecule has 0 aliphatic heterocycles. The third kappa shape index (κ3) is 5.82. The van der Waals surface area contributed by atoms with Crippen LogP contribution >= 0.6 is 15.9 Å². The quantitative estimate of drug-likeness (QED) is 0.385. The van der Waals surface area contributed by atoms with Gasteiger partial charge < -0.3 is 5.73 Å². The maximum Gasteiger partial charge on any atom is 0.265 e. The van der Waals surface area contributed by atoms with E-state index in [1.54, 1.807) is 12.1 Å². The summed E-state index contributed by atoms with van der Waals surface area (Å²) < 4.78 is 0.793. The van der Waals surface area contributed by atoms with E-state index >= 15 is 0 Å². The molecule has 0 aliphatic carbocycles. The number of carbonyl (C=O) groups excluding carboxylic acids is 2. The molecule has 7 heteroatoms. The fourth-order valence-corrected chi connectivity index (χ4v) is 2.57. The van der Waals surface area contributed by atoms with Gasteiger partial charge in [0.25, 0.3) is 5.91 Å². The van der Waals surface area contributed by atoms with E-state index < -0.39 is 0 Å². The minimum absolute atomic E-state index is 0.204. The van der Waals surface area contributed by atoms with E-state index in [4.69, 9.17) is 11.6 Å². The number of benzene rings is 1. The maximum absolute atomic E-state index is 11.5. The molecule has 0 saturated heterocycles. The third-order valence-corrected chi connectivity index (χ3v) is 3.58. The molecule has 0 atom stereocenters. The summed E-state index contributed by atoms with van der Waals surface area (Å²) in [5, 5.41) is 0. The molecule has 6 nitrogen and oxygen atoms in total. The van der Waals surface area contributed by atoms with Crippen molar-refractivity contribution in [3.8, 4) is 0 Å². The Labute approximate surface area is 133 Å². The first-order valence-corrected chi connectivity index (χ1v) is 7.42. The molecule has 116 valence electrons. The van der Waals surface area contributed by atoms with Crippen molar-refractivity contribution in [2.75, 3.05) is 13.1 Å². The summed E-state index contributed by atoms with van der Waals surface area (Å²) in [6.07, 6.45) is 0. The van der Waals surface area contributed by atoms with Gasteiger partial charge in [-0.3, -0.25) is 19.9 Å². The monoisotopic (exact) mass is 356 g/mol. The van der Waals surface area contributed by atoms with Gasteiger partial charge in [-0.1, -0.05) is 35.8 Å². The average molecular weight is 357 g/mol. The first-order chi connectivity index (χ1) is 9.83. The Balaban J connectivity index is 2.88. The second kappa shape index (κ2) is 8.11. The van der Waals surface area contributed by atoms with Crippen molar-refractivity contribution in [2.24, 2.45) is 17.5 Å². The number of hydrogen-bond donors (Lipinski definition) is 3. The first-order valence-electron chi connectivity index (χ1n) is 6.63. The van der Waals surface area contributed by atoms with E-state index in [0.717, 1.165) is 16.6 Å². The van der Waals surface area contributed by atoms with Gasteiger partial charge in [0.05, 0.1) is 6.54 Å². The summed E-state index contributed by atoms with van der Waals surface area (Å²) in [6.45, 7) is 5.71. The summed E-state index contributed by atoms with van der Waals surface area (Å²) in [6, 6.07) is 5.23. The zero-order valence-electron chi connectivity index (χ0n) is 12.2. The number of nitrogen functional groups attached to an aromatic ring is 1. The molecule has 0 aliphatic rings. The lowest BCUT2D eigenvalue weighted by atomic mass is 10.1. The zero-order valence-corrected chi connectivity index (χ0v) is 13.8. The largest absolute Gasteiger partial charge is 0.369 e. The molecule has 0 fully saturated rings. The lowest BCUT2D eigenvalue weighted by molar-refractivity contribution is -0.119. The molecular weight excluding hydrogens is 336 g/mol. The lowest BCUT2D eigenvalue weighted by Crippen LogP contribution is -2.35. The van der Waals surface area contributed by atoms with Crippen LogP contribution in [0.1, 0.15) is 29.8 Å². The van der Waals surface area contributed by atoms with Crippen LogP contribution in [-0.4, -0.2) is 29.8 Å². The molecule has 1 aromatic carbocycles. The molecule has 21 heavy (non-hydrogen) atoms. The highest BCUT2D eigenvalue weighted by molar-refractivity contribution is 9.10. The van der Waals surface area contributed by atoms with Crippen molar-refractivity contribution in [1.82, 2.24) is 10.3 Å². The predicted octanol–water partition coefficient (Wildman–Crippen LogP) is 0.996. The van der Waals surface area contributed by atoms with Crippen LogP contribution in [0.15, 0.2) is 22.7 Å². The van der Waals surface area contributed by atoms with Gasteiger partial charge in [-0.15, -0.1) is 0 Å². The van der Waals surface area contributed by atoms with Gasteiger partial charge in [0.2, 0.25) is 5.91 Å². The van der Waals surface area contributed by atoms with Crippen LogP contribution in [0, 0.1) is 5.92 Å². The van der Waals surface area contributed by atoms with E-state index in [1.807, 2.05) is 11.0 Å². The number of nitrogens with one attached hydrogen (secondary N) is 1. The fraction of sp³-hybridized carbons (Fsp3) is 0.429. The van der Waals surface area contributed by atoms with Gasteiger partial charge in [-0.05, 0) is 23.6 Å².